The van der Waals surface area contributed by atoms with Crippen molar-refractivity contribution in [3.05, 3.63) is 66.0 Å². The summed E-state index contributed by atoms with van der Waals surface area (Å²) in [5.41, 5.74) is 1.74. The van der Waals surface area contributed by atoms with Gasteiger partial charge in [-0.05, 0) is 35.9 Å². The summed E-state index contributed by atoms with van der Waals surface area (Å²) in [6.07, 6.45) is 4.94. The van der Waals surface area contributed by atoms with Gasteiger partial charge in [-0.1, -0.05) is 18.2 Å². The summed E-state index contributed by atoms with van der Waals surface area (Å²) in [5, 5.41) is 2.78. The Morgan fingerprint density at radius 2 is 2.05 bits per heavy atom. The van der Waals surface area contributed by atoms with E-state index in [0.717, 1.165) is 17.0 Å². The van der Waals surface area contributed by atoms with E-state index in [1.165, 1.54) is 6.08 Å². The monoisotopic (exact) mass is 298 g/mol. The van der Waals surface area contributed by atoms with Crippen molar-refractivity contribution in [1.82, 2.24) is 10.3 Å². The first kappa shape index (κ1) is 15.7. The summed E-state index contributed by atoms with van der Waals surface area (Å²) >= 11 is 0. The Balaban J connectivity index is 1.81. The molecule has 0 spiro atoms. The van der Waals surface area contributed by atoms with E-state index in [1.54, 1.807) is 19.4 Å². The van der Waals surface area contributed by atoms with Gasteiger partial charge < -0.3 is 14.8 Å². The van der Waals surface area contributed by atoms with E-state index < -0.39 is 0 Å². The van der Waals surface area contributed by atoms with Crippen LogP contribution in [0.25, 0.3) is 6.08 Å². The van der Waals surface area contributed by atoms with Crippen LogP contribution in [0, 0.1) is 0 Å². The number of rotatable bonds is 7. The molecule has 0 aliphatic rings. The van der Waals surface area contributed by atoms with Gasteiger partial charge in [0.2, 0.25) is 5.91 Å². The molecule has 1 N–H and O–H groups in total. The van der Waals surface area contributed by atoms with Gasteiger partial charge in [-0.25, -0.2) is 0 Å². The first-order valence-electron chi connectivity index (χ1n) is 6.85. The number of hydrogen-bond acceptors (Lipinski definition) is 4. The van der Waals surface area contributed by atoms with Gasteiger partial charge in [-0.2, -0.15) is 0 Å². The van der Waals surface area contributed by atoms with E-state index in [0.29, 0.717) is 6.54 Å². The second kappa shape index (κ2) is 8.59. The van der Waals surface area contributed by atoms with Crippen molar-refractivity contribution >= 4 is 12.0 Å². The molecule has 0 fully saturated rings. The molecule has 1 aromatic heterocycles. The Morgan fingerprint density at radius 1 is 1.23 bits per heavy atom. The van der Waals surface area contributed by atoms with Crippen molar-refractivity contribution in [2.24, 2.45) is 0 Å². The summed E-state index contributed by atoms with van der Waals surface area (Å²) in [4.78, 5) is 15.9. The van der Waals surface area contributed by atoms with Crippen LogP contribution in [0.5, 0.6) is 5.75 Å². The SMILES string of the molecule is COCOc1ccc(/C=C/C(=O)NCc2ccccn2)cc1. The average molecular weight is 298 g/mol. The number of benzene rings is 1. The lowest BCUT2D eigenvalue weighted by molar-refractivity contribution is -0.116. The highest BCUT2D eigenvalue weighted by Gasteiger charge is 1.97. The smallest absolute Gasteiger partial charge is 0.244 e. The molecule has 5 nitrogen and oxygen atoms in total. The van der Waals surface area contributed by atoms with E-state index >= 15 is 0 Å². The molecule has 0 saturated heterocycles. The van der Waals surface area contributed by atoms with Crippen molar-refractivity contribution in [3.63, 3.8) is 0 Å². The number of ether oxygens (including phenoxy) is 2. The molecule has 0 saturated carbocycles. The van der Waals surface area contributed by atoms with E-state index in [-0.39, 0.29) is 12.7 Å². The number of pyridine rings is 1. The predicted molar refractivity (Wildman–Crippen MR) is 84.1 cm³/mol. The van der Waals surface area contributed by atoms with Gasteiger partial charge in [0, 0.05) is 19.4 Å². The minimum Gasteiger partial charge on any atom is -0.468 e. The molecule has 0 radical (unpaired) electrons. The van der Waals surface area contributed by atoms with Crippen molar-refractivity contribution in [3.8, 4) is 5.75 Å². The third kappa shape index (κ3) is 5.38. The standard InChI is InChI=1S/C17H18N2O3/c1-21-13-22-16-8-5-14(6-9-16)7-10-17(20)19-12-15-4-2-3-11-18-15/h2-11H,12-13H2,1H3,(H,19,20)/b10-7+. The fraction of sp³-hybridized carbons (Fsp3) is 0.176. The van der Waals surface area contributed by atoms with Crippen LogP contribution in [0.3, 0.4) is 0 Å². The molecule has 0 aliphatic carbocycles. The van der Waals surface area contributed by atoms with Gasteiger partial charge in [-0.3, -0.25) is 9.78 Å². The zero-order valence-electron chi connectivity index (χ0n) is 12.4. The molecule has 0 bridgehead atoms. The highest BCUT2D eigenvalue weighted by molar-refractivity contribution is 5.91. The molecule has 1 aromatic carbocycles. The van der Waals surface area contributed by atoms with Gasteiger partial charge in [0.1, 0.15) is 5.75 Å². The fourth-order valence-corrected chi connectivity index (χ4v) is 1.71. The minimum absolute atomic E-state index is 0.162. The van der Waals surface area contributed by atoms with Crippen LogP contribution in [-0.4, -0.2) is 24.8 Å². The number of methoxy groups -OCH3 is 1. The lowest BCUT2D eigenvalue weighted by Crippen LogP contribution is -2.20. The number of nitrogens with one attached hydrogen (secondary N) is 1. The molecule has 0 atom stereocenters. The van der Waals surface area contributed by atoms with Crippen molar-refractivity contribution in [2.75, 3.05) is 13.9 Å². The summed E-state index contributed by atoms with van der Waals surface area (Å²) in [5.74, 6) is 0.559. The van der Waals surface area contributed by atoms with E-state index in [9.17, 15) is 4.79 Å². The summed E-state index contributed by atoms with van der Waals surface area (Å²) in [7, 11) is 1.57. The van der Waals surface area contributed by atoms with E-state index in [4.69, 9.17) is 9.47 Å². The van der Waals surface area contributed by atoms with Crippen molar-refractivity contribution < 1.29 is 14.3 Å². The second-order valence-electron chi connectivity index (χ2n) is 4.49. The zero-order chi connectivity index (χ0) is 15.6. The molecule has 5 heteroatoms. The highest BCUT2D eigenvalue weighted by Crippen LogP contribution is 2.13. The lowest BCUT2D eigenvalue weighted by atomic mass is 10.2. The van der Waals surface area contributed by atoms with Crippen LogP contribution in [0.1, 0.15) is 11.3 Å². The fourth-order valence-electron chi connectivity index (χ4n) is 1.71. The topological polar surface area (TPSA) is 60.5 Å². The maximum Gasteiger partial charge on any atom is 0.244 e. The molecule has 0 unspecified atom stereocenters. The van der Waals surface area contributed by atoms with Gasteiger partial charge >= 0.3 is 0 Å². The summed E-state index contributed by atoms with van der Waals surface area (Å²) < 4.78 is 10.1. The van der Waals surface area contributed by atoms with Crippen LogP contribution in [-0.2, 0) is 16.1 Å². The molecular weight excluding hydrogens is 280 g/mol. The maximum absolute atomic E-state index is 11.7. The highest BCUT2D eigenvalue weighted by atomic mass is 16.7. The Labute approximate surface area is 129 Å². The third-order valence-corrected chi connectivity index (χ3v) is 2.82. The quantitative estimate of drug-likeness (QED) is 0.630. The molecular formula is C17H18N2O3. The zero-order valence-corrected chi connectivity index (χ0v) is 12.4. The van der Waals surface area contributed by atoms with Crippen molar-refractivity contribution in [2.45, 2.75) is 6.54 Å². The number of hydrogen-bond donors (Lipinski definition) is 1. The van der Waals surface area contributed by atoms with Crippen LogP contribution >= 0.6 is 0 Å². The third-order valence-electron chi connectivity index (χ3n) is 2.82. The number of aromatic nitrogens is 1. The van der Waals surface area contributed by atoms with Crippen LogP contribution in [0.15, 0.2) is 54.7 Å². The molecule has 22 heavy (non-hydrogen) atoms. The Bertz CT molecular complexity index is 610. The number of carbonyl (C=O) groups excluding carboxylic acids is 1. The lowest BCUT2D eigenvalue weighted by Gasteiger charge is -2.04. The average Bonchev–Trinajstić information content (AvgIpc) is 2.58. The minimum atomic E-state index is -0.162. The first-order chi connectivity index (χ1) is 10.8. The van der Waals surface area contributed by atoms with Gasteiger partial charge in [0.15, 0.2) is 6.79 Å². The predicted octanol–water partition coefficient (Wildman–Crippen LogP) is 2.39. The Hall–Kier alpha value is -2.66. The van der Waals surface area contributed by atoms with Crippen molar-refractivity contribution in [1.29, 1.82) is 0 Å². The molecule has 114 valence electrons. The van der Waals surface area contributed by atoms with E-state index in [2.05, 4.69) is 10.3 Å². The maximum atomic E-state index is 11.7. The Morgan fingerprint density at radius 3 is 2.73 bits per heavy atom. The Kier molecular flexibility index (Phi) is 6.14. The van der Waals surface area contributed by atoms with Gasteiger partial charge in [-0.15, -0.1) is 0 Å². The molecule has 1 heterocycles. The van der Waals surface area contributed by atoms with Gasteiger partial charge in [0.05, 0.1) is 12.2 Å². The second-order valence-corrected chi connectivity index (χ2v) is 4.49. The van der Waals surface area contributed by atoms with Gasteiger partial charge in [0.25, 0.3) is 0 Å². The first-order valence-corrected chi connectivity index (χ1v) is 6.85. The largest absolute Gasteiger partial charge is 0.468 e. The number of nitrogens with zero attached hydrogens (tertiary/aromatic N) is 1. The number of carbonyl (C=O) groups is 1. The van der Waals surface area contributed by atoms with Crippen LogP contribution in [0.2, 0.25) is 0 Å². The number of amides is 1. The normalized spacial score (nSPS) is 10.6. The molecule has 2 aromatic rings. The molecule has 0 aliphatic heterocycles. The molecule has 1 amide bonds. The summed E-state index contributed by atoms with van der Waals surface area (Å²) in [6.45, 7) is 0.624. The molecule has 2 rings (SSSR count). The van der Waals surface area contributed by atoms with Crippen LogP contribution in [0.4, 0.5) is 0 Å². The van der Waals surface area contributed by atoms with Crippen LogP contribution < -0.4 is 10.1 Å². The van der Waals surface area contributed by atoms with E-state index in [1.807, 2.05) is 42.5 Å². The summed E-state index contributed by atoms with van der Waals surface area (Å²) in [6, 6.07) is 13.0.